The van der Waals surface area contributed by atoms with E-state index >= 15 is 0 Å². The van der Waals surface area contributed by atoms with Gasteiger partial charge in [0.05, 0.1) is 15.4 Å². The lowest BCUT2D eigenvalue weighted by Crippen LogP contribution is -2.47. The van der Waals surface area contributed by atoms with Crippen molar-refractivity contribution in [3.8, 4) is 0 Å². The average molecular weight is 426 g/mol. The third-order valence-electron chi connectivity index (χ3n) is 4.97. The highest BCUT2D eigenvalue weighted by Crippen LogP contribution is 2.43. The maximum absolute atomic E-state index is 13.1. The molecule has 1 unspecified atom stereocenters. The molecule has 13 heteroatoms. The molecular formula is C17H17F3N6O4. The summed E-state index contributed by atoms with van der Waals surface area (Å²) in [4.78, 5) is 24.2. The van der Waals surface area contributed by atoms with Crippen LogP contribution in [-0.2, 0) is 6.18 Å². The van der Waals surface area contributed by atoms with Crippen molar-refractivity contribution < 1.29 is 23.0 Å². The Bertz CT molecular complexity index is 921. The number of piperidine rings is 1. The van der Waals surface area contributed by atoms with E-state index < -0.39 is 44.7 Å². The molecule has 0 bridgehead atoms. The first kappa shape index (κ1) is 21.2. The van der Waals surface area contributed by atoms with Crippen molar-refractivity contribution in [2.75, 3.05) is 29.9 Å². The molecule has 30 heavy (non-hydrogen) atoms. The predicted octanol–water partition coefficient (Wildman–Crippen LogP) is 3.42. The molecular weight excluding hydrogens is 409 g/mol. The Morgan fingerprint density at radius 3 is 2.33 bits per heavy atom. The molecule has 10 nitrogen and oxygen atoms in total. The number of benzene rings is 1. The number of aromatic nitrogens is 2. The summed E-state index contributed by atoms with van der Waals surface area (Å²) in [6, 6.07) is 3.68. The number of halogens is 3. The minimum atomic E-state index is -4.96. The second-order valence-electron chi connectivity index (χ2n) is 6.81. The van der Waals surface area contributed by atoms with E-state index in [0.29, 0.717) is 43.9 Å². The van der Waals surface area contributed by atoms with Crippen LogP contribution in [0.15, 0.2) is 30.5 Å². The number of likely N-dealkylation sites (N-methyl/N-ethyl adjacent to an activating group) is 1. The monoisotopic (exact) mass is 426 g/mol. The summed E-state index contributed by atoms with van der Waals surface area (Å²) in [5.74, 6) is 0.576. The highest BCUT2D eigenvalue weighted by molar-refractivity contribution is 5.76. The van der Waals surface area contributed by atoms with Gasteiger partial charge >= 0.3 is 6.18 Å². The van der Waals surface area contributed by atoms with Crippen LogP contribution < -0.4 is 9.80 Å². The van der Waals surface area contributed by atoms with Gasteiger partial charge in [-0.2, -0.15) is 18.3 Å². The van der Waals surface area contributed by atoms with Gasteiger partial charge in [0, 0.05) is 44.5 Å². The van der Waals surface area contributed by atoms with Crippen molar-refractivity contribution in [1.29, 1.82) is 0 Å². The van der Waals surface area contributed by atoms with Crippen LogP contribution in [0.25, 0.3) is 0 Å². The number of nitro groups is 2. The van der Waals surface area contributed by atoms with Gasteiger partial charge in [-0.05, 0) is 25.0 Å². The molecule has 1 aliphatic heterocycles. The fourth-order valence-corrected chi connectivity index (χ4v) is 3.53. The van der Waals surface area contributed by atoms with Crippen molar-refractivity contribution in [3.63, 3.8) is 0 Å². The Morgan fingerprint density at radius 1 is 1.20 bits per heavy atom. The molecule has 2 aromatic rings. The van der Waals surface area contributed by atoms with E-state index in [1.54, 1.807) is 12.1 Å². The van der Waals surface area contributed by atoms with Gasteiger partial charge < -0.3 is 9.80 Å². The molecule has 0 radical (unpaired) electrons. The van der Waals surface area contributed by atoms with Crippen LogP contribution in [-0.4, -0.2) is 46.2 Å². The van der Waals surface area contributed by atoms with E-state index in [1.807, 2.05) is 4.90 Å². The maximum atomic E-state index is 13.1. The summed E-state index contributed by atoms with van der Waals surface area (Å²) in [6.07, 6.45) is -2.25. The Morgan fingerprint density at radius 2 is 1.83 bits per heavy atom. The summed E-state index contributed by atoms with van der Waals surface area (Å²) in [5.41, 5.74) is -3.82. The third kappa shape index (κ3) is 4.23. The summed E-state index contributed by atoms with van der Waals surface area (Å²) < 4.78 is 39.4. The van der Waals surface area contributed by atoms with Crippen LogP contribution >= 0.6 is 0 Å². The van der Waals surface area contributed by atoms with Crippen molar-refractivity contribution in [3.05, 3.63) is 56.3 Å². The van der Waals surface area contributed by atoms with Gasteiger partial charge in [-0.15, -0.1) is 5.10 Å². The normalized spacial score (nSPS) is 16.9. The molecule has 160 valence electrons. The number of rotatable bonds is 5. The second kappa shape index (κ2) is 8.08. The number of nitrogens with zero attached hydrogens (tertiary/aromatic N) is 6. The van der Waals surface area contributed by atoms with Crippen LogP contribution in [0.5, 0.6) is 0 Å². The molecule has 1 atom stereocenters. The van der Waals surface area contributed by atoms with Crippen molar-refractivity contribution >= 4 is 22.9 Å². The summed E-state index contributed by atoms with van der Waals surface area (Å²) in [6.45, 7) is 0.963. The molecule has 0 aliphatic carbocycles. The lowest BCUT2D eigenvalue weighted by Gasteiger charge is -2.38. The van der Waals surface area contributed by atoms with E-state index in [-0.39, 0.29) is 0 Å². The van der Waals surface area contributed by atoms with E-state index in [9.17, 15) is 33.4 Å². The topological polar surface area (TPSA) is 119 Å². The van der Waals surface area contributed by atoms with Crippen LogP contribution in [0.4, 0.5) is 36.1 Å². The molecule has 2 heterocycles. The SMILES string of the molecule is CN(c1c([N+](=O)[O-])cc(C(F)(F)F)cc1[N+](=O)[O-])C1CCCN(c2cccnn2)C1. The highest BCUT2D eigenvalue weighted by Gasteiger charge is 2.40. The van der Waals surface area contributed by atoms with Crippen LogP contribution in [0, 0.1) is 20.2 Å². The summed E-state index contributed by atoms with van der Waals surface area (Å²) in [7, 11) is 1.41. The van der Waals surface area contributed by atoms with Gasteiger partial charge in [-0.1, -0.05) is 0 Å². The first-order chi connectivity index (χ1) is 14.1. The fraction of sp³-hybridized carbons (Fsp3) is 0.412. The Labute approximate surface area is 168 Å². The van der Waals surface area contributed by atoms with Gasteiger partial charge in [0.25, 0.3) is 11.4 Å². The predicted molar refractivity (Wildman–Crippen MR) is 100 cm³/mol. The van der Waals surface area contributed by atoms with E-state index in [2.05, 4.69) is 10.2 Å². The molecule has 3 rings (SSSR count). The Kier molecular flexibility index (Phi) is 5.71. The number of hydrogen-bond donors (Lipinski definition) is 0. The molecule has 1 aromatic carbocycles. The van der Waals surface area contributed by atoms with Gasteiger partial charge in [0.1, 0.15) is 0 Å². The van der Waals surface area contributed by atoms with E-state index in [1.165, 1.54) is 18.1 Å². The van der Waals surface area contributed by atoms with E-state index in [0.717, 1.165) is 0 Å². The molecule has 0 amide bonds. The highest BCUT2D eigenvalue weighted by atomic mass is 19.4. The Balaban J connectivity index is 2.03. The zero-order valence-corrected chi connectivity index (χ0v) is 15.7. The number of anilines is 2. The molecule has 1 fully saturated rings. The minimum Gasteiger partial charge on any atom is -0.359 e. The fourth-order valence-electron chi connectivity index (χ4n) is 3.53. The zero-order valence-electron chi connectivity index (χ0n) is 15.7. The lowest BCUT2D eigenvalue weighted by molar-refractivity contribution is -0.393. The average Bonchev–Trinajstić information content (AvgIpc) is 2.72. The molecule has 1 aromatic heterocycles. The second-order valence-corrected chi connectivity index (χ2v) is 6.81. The smallest absolute Gasteiger partial charge is 0.359 e. The minimum absolute atomic E-state index is 0.324. The molecule has 1 aliphatic rings. The largest absolute Gasteiger partial charge is 0.416 e. The molecule has 0 N–H and O–H groups in total. The van der Waals surface area contributed by atoms with Crippen LogP contribution in [0.2, 0.25) is 0 Å². The maximum Gasteiger partial charge on any atom is 0.416 e. The van der Waals surface area contributed by atoms with Crippen LogP contribution in [0.1, 0.15) is 18.4 Å². The van der Waals surface area contributed by atoms with Gasteiger partial charge in [0.2, 0.25) is 0 Å². The van der Waals surface area contributed by atoms with E-state index in [4.69, 9.17) is 0 Å². The summed E-state index contributed by atoms with van der Waals surface area (Å²) >= 11 is 0. The molecule has 0 spiro atoms. The number of nitro benzene ring substituents is 2. The van der Waals surface area contributed by atoms with Gasteiger partial charge in [0.15, 0.2) is 11.5 Å². The van der Waals surface area contributed by atoms with Crippen LogP contribution in [0.3, 0.4) is 0 Å². The molecule has 0 saturated carbocycles. The van der Waals surface area contributed by atoms with Crippen molar-refractivity contribution in [2.24, 2.45) is 0 Å². The first-order valence-corrected chi connectivity index (χ1v) is 8.89. The lowest BCUT2D eigenvalue weighted by atomic mass is 10.0. The van der Waals surface area contributed by atoms with Crippen molar-refractivity contribution in [1.82, 2.24) is 10.2 Å². The molecule has 1 saturated heterocycles. The third-order valence-corrected chi connectivity index (χ3v) is 4.97. The zero-order chi connectivity index (χ0) is 22.1. The standard InChI is InChI=1S/C17H17F3N6O4/c1-23(12-4-3-7-24(10-12)15-5-2-6-21-22-15)16-13(25(27)28)8-11(17(18,19)20)9-14(16)26(29)30/h2,5-6,8-9,12H,3-4,7,10H2,1H3. The van der Waals surface area contributed by atoms with Gasteiger partial charge in [-0.25, -0.2) is 0 Å². The quantitative estimate of drug-likeness (QED) is 0.527. The Hall–Kier alpha value is -3.51. The summed E-state index contributed by atoms with van der Waals surface area (Å²) in [5, 5.41) is 30.8. The number of hydrogen-bond acceptors (Lipinski definition) is 8. The van der Waals surface area contributed by atoms with Gasteiger partial charge in [-0.3, -0.25) is 20.2 Å². The number of alkyl halides is 3. The first-order valence-electron chi connectivity index (χ1n) is 8.89. The van der Waals surface area contributed by atoms with Crippen molar-refractivity contribution in [2.45, 2.75) is 25.1 Å².